The Kier molecular flexibility index (Phi) is 4.77. The topological polar surface area (TPSA) is 88.2 Å². The van der Waals surface area contributed by atoms with Crippen molar-refractivity contribution in [3.8, 4) is 5.75 Å². The van der Waals surface area contributed by atoms with Crippen molar-refractivity contribution in [3.63, 3.8) is 0 Å². The van der Waals surface area contributed by atoms with E-state index in [1.807, 2.05) is 0 Å². The van der Waals surface area contributed by atoms with Crippen LogP contribution in [0.5, 0.6) is 5.75 Å². The highest BCUT2D eigenvalue weighted by Crippen LogP contribution is 2.21. The van der Waals surface area contributed by atoms with Crippen molar-refractivity contribution >= 4 is 10.1 Å². The first-order valence-electron chi connectivity index (χ1n) is 6.02. The predicted octanol–water partition coefficient (Wildman–Crippen LogP) is 1.12. The standard InChI is InChI=1S/C12H14F2O6S/c13-12(14,21(15,16)17)8-18-5-9-1-3-10(4-2-9)19-6-11-7-20-11/h1-4,11H,5-8H2,(H,15,16,17)/p-1. The van der Waals surface area contributed by atoms with Gasteiger partial charge in [0, 0.05) is 0 Å². The fourth-order valence-corrected chi connectivity index (χ4v) is 1.62. The van der Waals surface area contributed by atoms with E-state index in [2.05, 4.69) is 4.74 Å². The van der Waals surface area contributed by atoms with Crippen molar-refractivity contribution in [2.24, 2.45) is 0 Å². The van der Waals surface area contributed by atoms with E-state index in [4.69, 9.17) is 9.47 Å². The van der Waals surface area contributed by atoms with Gasteiger partial charge < -0.3 is 18.8 Å². The van der Waals surface area contributed by atoms with E-state index in [1.54, 1.807) is 24.3 Å². The van der Waals surface area contributed by atoms with Gasteiger partial charge in [0.15, 0.2) is 10.1 Å². The van der Waals surface area contributed by atoms with E-state index < -0.39 is 22.0 Å². The van der Waals surface area contributed by atoms with Gasteiger partial charge in [0.2, 0.25) is 0 Å². The first kappa shape index (κ1) is 16.1. The maximum absolute atomic E-state index is 12.8. The molecule has 1 aliphatic rings. The fourth-order valence-electron chi connectivity index (χ4n) is 1.40. The first-order chi connectivity index (χ1) is 9.78. The Morgan fingerprint density at radius 2 is 1.95 bits per heavy atom. The summed E-state index contributed by atoms with van der Waals surface area (Å²) in [6.45, 7) is -0.584. The highest BCUT2D eigenvalue weighted by molar-refractivity contribution is 7.86. The van der Waals surface area contributed by atoms with Crippen LogP contribution in [0.3, 0.4) is 0 Å². The number of benzene rings is 1. The fraction of sp³-hybridized carbons (Fsp3) is 0.500. The van der Waals surface area contributed by atoms with Gasteiger partial charge in [-0.25, -0.2) is 8.42 Å². The van der Waals surface area contributed by atoms with Gasteiger partial charge in [-0.05, 0) is 17.7 Å². The summed E-state index contributed by atoms with van der Waals surface area (Å²) in [5.41, 5.74) is 0.545. The van der Waals surface area contributed by atoms with Gasteiger partial charge >= 0.3 is 5.25 Å². The summed E-state index contributed by atoms with van der Waals surface area (Å²) in [4.78, 5) is 0. The average Bonchev–Trinajstić information content (AvgIpc) is 3.20. The Morgan fingerprint density at radius 3 is 2.48 bits per heavy atom. The highest BCUT2D eigenvalue weighted by Gasteiger charge is 2.37. The third kappa shape index (κ3) is 4.88. The van der Waals surface area contributed by atoms with Crippen LogP contribution < -0.4 is 4.74 Å². The second-order valence-corrected chi connectivity index (χ2v) is 6.00. The summed E-state index contributed by atoms with van der Waals surface area (Å²) in [7, 11) is -5.71. The van der Waals surface area contributed by atoms with Crippen LogP contribution in [0, 0.1) is 0 Å². The Hall–Kier alpha value is -1.29. The lowest BCUT2D eigenvalue weighted by atomic mass is 10.2. The van der Waals surface area contributed by atoms with Gasteiger partial charge in [-0.2, -0.15) is 8.78 Å². The molecule has 21 heavy (non-hydrogen) atoms. The molecule has 1 heterocycles. The minimum atomic E-state index is -5.71. The zero-order valence-corrected chi connectivity index (χ0v) is 11.6. The third-order valence-electron chi connectivity index (χ3n) is 2.67. The number of epoxide rings is 1. The highest BCUT2D eigenvalue weighted by atomic mass is 32.2. The van der Waals surface area contributed by atoms with E-state index in [0.29, 0.717) is 24.5 Å². The number of hydrogen-bond donors (Lipinski definition) is 0. The molecule has 0 amide bonds. The summed E-state index contributed by atoms with van der Waals surface area (Å²) in [5.74, 6) is 0.599. The molecule has 6 nitrogen and oxygen atoms in total. The Morgan fingerprint density at radius 1 is 1.33 bits per heavy atom. The summed E-state index contributed by atoms with van der Waals surface area (Å²) in [6, 6.07) is 6.44. The number of rotatable bonds is 8. The molecule has 0 N–H and O–H groups in total. The predicted molar refractivity (Wildman–Crippen MR) is 66.0 cm³/mol. The zero-order chi connectivity index (χ0) is 15.5. The quantitative estimate of drug-likeness (QED) is 0.526. The van der Waals surface area contributed by atoms with Crippen molar-refractivity contribution in [1.82, 2.24) is 0 Å². The molecule has 0 spiro atoms. The molecule has 0 aromatic heterocycles. The van der Waals surface area contributed by atoms with E-state index in [0.717, 1.165) is 0 Å². The van der Waals surface area contributed by atoms with Gasteiger partial charge in [0.05, 0.1) is 13.2 Å². The van der Waals surface area contributed by atoms with E-state index in [9.17, 15) is 21.8 Å². The van der Waals surface area contributed by atoms with Crippen LogP contribution in [-0.4, -0.2) is 44.1 Å². The van der Waals surface area contributed by atoms with Crippen LogP contribution in [0.2, 0.25) is 0 Å². The maximum Gasteiger partial charge on any atom is 0.357 e. The summed E-state index contributed by atoms with van der Waals surface area (Å²) < 4.78 is 71.4. The van der Waals surface area contributed by atoms with Gasteiger partial charge in [-0.15, -0.1) is 0 Å². The Bertz CT molecular complexity index is 568. The van der Waals surface area contributed by atoms with Crippen molar-refractivity contribution < 1.29 is 36.0 Å². The normalized spacial score (nSPS) is 18.5. The minimum Gasteiger partial charge on any atom is -0.743 e. The van der Waals surface area contributed by atoms with Gasteiger partial charge in [0.25, 0.3) is 0 Å². The molecule has 0 bridgehead atoms. The van der Waals surface area contributed by atoms with Crippen LogP contribution in [0.25, 0.3) is 0 Å². The molecule has 1 unspecified atom stereocenters. The molecule has 1 saturated heterocycles. The first-order valence-corrected chi connectivity index (χ1v) is 7.43. The van der Waals surface area contributed by atoms with E-state index >= 15 is 0 Å². The van der Waals surface area contributed by atoms with Crippen LogP contribution in [0.4, 0.5) is 8.78 Å². The molecular weight excluding hydrogens is 310 g/mol. The summed E-state index contributed by atoms with van der Waals surface area (Å²) >= 11 is 0. The van der Waals surface area contributed by atoms with Crippen LogP contribution in [0.15, 0.2) is 24.3 Å². The molecular formula is C12H13F2O6S-. The lowest BCUT2D eigenvalue weighted by molar-refractivity contribution is -0.0270. The average molecular weight is 323 g/mol. The lowest BCUT2D eigenvalue weighted by Gasteiger charge is -2.19. The molecule has 1 aliphatic heterocycles. The maximum atomic E-state index is 12.8. The molecule has 1 aromatic rings. The second kappa shape index (κ2) is 6.22. The number of hydrogen-bond acceptors (Lipinski definition) is 6. The van der Waals surface area contributed by atoms with Crippen LogP contribution >= 0.6 is 0 Å². The molecule has 0 aliphatic carbocycles. The molecule has 0 radical (unpaired) electrons. The van der Waals surface area contributed by atoms with Crippen molar-refractivity contribution in [1.29, 1.82) is 0 Å². The molecule has 2 rings (SSSR count). The SMILES string of the molecule is O=S(=O)([O-])C(F)(F)COCc1ccc(OCC2CO2)cc1. The molecule has 1 atom stereocenters. The third-order valence-corrected chi connectivity index (χ3v) is 3.52. The number of ether oxygens (including phenoxy) is 3. The van der Waals surface area contributed by atoms with Gasteiger partial charge in [-0.3, -0.25) is 0 Å². The summed E-state index contributed by atoms with van der Waals surface area (Å²) in [5, 5.41) is -4.43. The number of halogens is 2. The van der Waals surface area contributed by atoms with Crippen molar-refractivity contribution in [2.45, 2.75) is 18.0 Å². The van der Waals surface area contributed by atoms with Gasteiger partial charge in [-0.1, -0.05) is 12.1 Å². The minimum absolute atomic E-state index is 0.129. The summed E-state index contributed by atoms with van der Waals surface area (Å²) in [6.07, 6.45) is 0.129. The van der Waals surface area contributed by atoms with E-state index in [1.165, 1.54) is 0 Å². The smallest absolute Gasteiger partial charge is 0.357 e. The molecule has 1 aromatic carbocycles. The largest absolute Gasteiger partial charge is 0.743 e. The van der Waals surface area contributed by atoms with Crippen LogP contribution in [-0.2, 0) is 26.2 Å². The molecule has 1 fully saturated rings. The monoisotopic (exact) mass is 323 g/mol. The number of alkyl halides is 2. The van der Waals surface area contributed by atoms with Crippen molar-refractivity contribution in [2.75, 3.05) is 19.8 Å². The molecule has 118 valence electrons. The van der Waals surface area contributed by atoms with E-state index in [-0.39, 0.29) is 12.7 Å². The van der Waals surface area contributed by atoms with Crippen molar-refractivity contribution in [3.05, 3.63) is 29.8 Å². The lowest BCUT2D eigenvalue weighted by Crippen LogP contribution is -2.33. The van der Waals surface area contributed by atoms with Crippen LogP contribution in [0.1, 0.15) is 5.56 Å². The molecule has 0 saturated carbocycles. The Balaban J connectivity index is 1.78. The van der Waals surface area contributed by atoms with Gasteiger partial charge in [0.1, 0.15) is 25.1 Å². The molecule has 9 heteroatoms. The Labute approximate surface area is 120 Å². The zero-order valence-electron chi connectivity index (χ0n) is 10.8. The second-order valence-electron chi connectivity index (χ2n) is 4.49.